The van der Waals surface area contributed by atoms with Crippen molar-refractivity contribution in [3.05, 3.63) is 34.3 Å². The van der Waals surface area contributed by atoms with Gasteiger partial charge >= 0.3 is 0 Å². The Bertz CT molecular complexity index is 365. The molecule has 0 spiro atoms. The van der Waals surface area contributed by atoms with Crippen LogP contribution in [0.3, 0.4) is 0 Å². The van der Waals surface area contributed by atoms with E-state index in [2.05, 4.69) is 40.8 Å². The maximum atomic E-state index is 5.89. The molecule has 5 heteroatoms. The van der Waals surface area contributed by atoms with E-state index in [-0.39, 0.29) is 24.0 Å². The predicted octanol–water partition coefficient (Wildman–Crippen LogP) is 3.22. The summed E-state index contributed by atoms with van der Waals surface area (Å²) in [6, 6.07) is 8.10. The van der Waals surface area contributed by atoms with E-state index in [1.807, 2.05) is 23.1 Å². The minimum atomic E-state index is 0. The van der Waals surface area contributed by atoms with Gasteiger partial charge in [0.05, 0.1) is 6.54 Å². The van der Waals surface area contributed by atoms with E-state index in [1.165, 1.54) is 0 Å². The molecule has 2 N–H and O–H groups in total. The van der Waals surface area contributed by atoms with Crippen LogP contribution < -0.4 is 5.73 Å². The van der Waals surface area contributed by atoms with E-state index < -0.39 is 0 Å². The lowest BCUT2D eigenvalue weighted by atomic mass is 10.2. The van der Waals surface area contributed by atoms with Crippen molar-refractivity contribution in [1.29, 1.82) is 0 Å². The van der Waals surface area contributed by atoms with Gasteiger partial charge < -0.3 is 10.6 Å². The third kappa shape index (κ3) is 5.72. The van der Waals surface area contributed by atoms with Gasteiger partial charge in [0.25, 0.3) is 0 Å². The second-order valence-corrected chi connectivity index (χ2v) is 4.39. The maximum absolute atomic E-state index is 5.89. The zero-order valence-electron chi connectivity index (χ0n) is 10.2. The van der Waals surface area contributed by atoms with E-state index in [4.69, 9.17) is 5.73 Å². The molecule has 3 nitrogen and oxygen atoms in total. The summed E-state index contributed by atoms with van der Waals surface area (Å²) >= 11 is 3.44. The van der Waals surface area contributed by atoms with Crippen molar-refractivity contribution in [3.8, 4) is 0 Å². The van der Waals surface area contributed by atoms with Gasteiger partial charge in [0.2, 0.25) is 0 Å². The smallest absolute Gasteiger partial charge is 0.191 e. The van der Waals surface area contributed by atoms with E-state index >= 15 is 0 Å². The van der Waals surface area contributed by atoms with E-state index in [0.717, 1.165) is 23.1 Å². The van der Waals surface area contributed by atoms with Crippen LogP contribution in [-0.2, 0) is 6.54 Å². The van der Waals surface area contributed by atoms with Crippen molar-refractivity contribution in [2.45, 2.75) is 20.4 Å². The first-order valence-electron chi connectivity index (χ1n) is 5.46. The molecular weight excluding hydrogens is 393 g/mol. The van der Waals surface area contributed by atoms with Gasteiger partial charge in [-0.3, -0.25) is 0 Å². The Morgan fingerprint density at radius 1 is 1.35 bits per heavy atom. The summed E-state index contributed by atoms with van der Waals surface area (Å²) in [5.41, 5.74) is 7.05. The molecule has 0 aromatic heterocycles. The first-order chi connectivity index (χ1) is 7.67. The molecule has 1 aromatic rings. The summed E-state index contributed by atoms with van der Waals surface area (Å²) in [4.78, 5) is 6.42. The Balaban J connectivity index is 0.00000256. The predicted molar refractivity (Wildman–Crippen MR) is 87.8 cm³/mol. The first kappa shape index (κ1) is 16.7. The monoisotopic (exact) mass is 411 g/mol. The Kier molecular flexibility index (Phi) is 8.59. The quantitative estimate of drug-likeness (QED) is 0.469. The number of hydrogen-bond acceptors (Lipinski definition) is 1. The molecule has 0 bridgehead atoms. The number of nitrogens with zero attached hydrogens (tertiary/aromatic N) is 2. The number of rotatable bonds is 4. The number of aliphatic imine (C=N–C) groups is 1. The lowest BCUT2D eigenvalue weighted by molar-refractivity contribution is 0.458. The average molecular weight is 412 g/mol. The Morgan fingerprint density at radius 2 is 2.00 bits per heavy atom. The molecule has 0 aliphatic heterocycles. The Hall–Kier alpha value is -0.300. The molecule has 0 atom stereocenters. The average Bonchev–Trinajstić information content (AvgIpc) is 2.28. The molecule has 0 amide bonds. The Morgan fingerprint density at radius 3 is 2.53 bits per heavy atom. The molecule has 0 saturated heterocycles. The molecule has 0 aliphatic rings. The fourth-order valence-electron chi connectivity index (χ4n) is 1.46. The highest BCUT2D eigenvalue weighted by atomic mass is 127. The van der Waals surface area contributed by atoms with E-state index in [0.29, 0.717) is 12.5 Å². The summed E-state index contributed by atoms with van der Waals surface area (Å²) < 4.78 is 1.07. The number of guanidine groups is 1. The number of halogens is 2. The van der Waals surface area contributed by atoms with Crippen LogP contribution >= 0.6 is 39.9 Å². The minimum absolute atomic E-state index is 0. The van der Waals surface area contributed by atoms with Crippen LogP contribution in [0.25, 0.3) is 0 Å². The molecule has 0 saturated carbocycles. The van der Waals surface area contributed by atoms with Crippen LogP contribution in [0.4, 0.5) is 0 Å². The van der Waals surface area contributed by atoms with Gasteiger partial charge in [-0.1, -0.05) is 28.1 Å². The molecule has 96 valence electrons. The molecule has 0 radical (unpaired) electrons. The minimum Gasteiger partial charge on any atom is -0.370 e. The van der Waals surface area contributed by atoms with Gasteiger partial charge in [0.1, 0.15) is 0 Å². The van der Waals surface area contributed by atoms with Crippen LogP contribution in [0, 0.1) is 0 Å². The molecule has 0 aliphatic carbocycles. The Labute approximate surface area is 129 Å². The highest BCUT2D eigenvalue weighted by Crippen LogP contribution is 2.12. The topological polar surface area (TPSA) is 41.6 Å². The highest BCUT2D eigenvalue weighted by Gasteiger charge is 2.01. The largest absolute Gasteiger partial charge is 0.370 e. The molecular formula is C12H19BrIN3. The van der Waals surface area contributed by atoms with Gasteiger partial charge in [-0.05, 0) is 31.5 Å². The zero-order chi connectivity index (χ0) is 12.0. The molecule has 0 fully saturated rings. The van der Waals surface area contributed by atoms with Crippen LogP contribution in [-0.4, -0.2) is 23.9 Å². The summed E-state index contributed by atoms with van der Waals surface area (Å²) in [6.45, 7) is 6.56. The van der Waals surface area contributed by atoms with Gasteiger partial charge in [-0.15, -0.1) is 24.0 Å². The molecule has 0 unspecified atom stereocenters. The van der Waals surface area contributed by atoms with Crippen molar-refractivity contribution in [2.24, 2.45) is 10.7 Å². The highest BCUT2D eigenvalue weighted by molar-refractivity contribution is 14.0. The SMILES string of the molecule is CCN(CC)C(N)=NCc1cccc(Br)c1.I. The van der Waals surface area contributed by atoms with Crippen LogP contribution in [0.2, 0.25) is 0 Å². The second kappa shape index (κ2) is 8.74. The summed E-state index contributed by atoms with van der Waals surface area (Å²) in [5, 5.41) is 0. The number of hydrogen-bond donors (Lipinski definition) is 1. The molecule has 1 rings (SSSR count). The summed E-state index contributed by atoms with van der Waals surface area (Å²) in [6.07, 6.45) is 0. The van der Waals surface area contributed by atoms with Crippen LogP contribution in [0.1, 0.15) is 19.4 Å². The first-order valence-corrected chi connectivity index (χ1v) is 6.26. The van der Waals surface area contributed by atoms with Crippen molar-refractivity contribution in [1.82, 2.24) is 4.90 Å². The van der Waals surface area contributed by atoms with Gasteiger partial charge in [-0.2, -0.15) is 0 Å². The van der Waals surface area contributed by atoms with Gasteiger partial charge in [0.15, 0.2) is 5.96 Å². The third-order valence-electron chi connectivity index (χ3n) is 2.40. The number of nitrogens with two attached hydrogens (primary N) is 1. The molecule has 0 heterocycles. The zero-order valence-corrected chi connectivity index (χ0v) is 14.1. The van der Waals surface area contributed by atoms with Crippen molar-refractivity contribution in [3.63, 3.8) is 0 Å². The fourth-order valence-corrected chi connectivity index (χ4v) is 1.90. The fraction of sp³-hybridized carbons (Fsp3) is 0.417. The van der Waals surface area contributed by atoms with Gasteiger partial charge in [-0.25, -0.2) is 4.99 Å². The van der Waals surface area contributed by atoms with Crippen LogP contribution in [0.15, 0.2) is 33.7 Å². The van der Waals surface area contributed by atoms with Crippen LogP contribution in [0.5, 0.6) is 0 Å². The van der Waals surface area contributed by atoms with Crippen molar-refractivity contribution < 1.29 is 0 Å². The number of benzene rings is 1. The lowest BCUT2D eigenvalue weighted by Crippen LogP contribution is -2.37. The van der Waals surface area contributed by atoms with E-state index in [1.54, 1.807) is 0 Å². The van der Waals surface area contributed by atoms with Gasteiger partial charge in [0, 0.05) is 17.6 Å². The lowest BCUT2D eigenvalue weighted by Gasteiger charge is -2.19. The second-order valence-electron chi connectivity index (χ2n) is 3.48. The van der Waals surface area contributed by atoms with E-state index in [9.17, 15) is 0 Å². The van der Waals surface area contributed by atoms with Crippen molar-refractivity contribution in [2.75, 3.05) is 13.1 Å². The molecule has 17 heavy (non-hydrogen) atoms. The van der Waals surface area contributed by atoms with Crippen molar-refractivity contribution >= 4 is 45.9 Å². The maximum Gasteiger partial charge on any atom is 0.191 e. The summed E-state index contributed by atoms with van der Waals surface area (Å²) in [7, 11) is 0. The normalized spacial score (nSPS) is 10.9. The molecule has 1 aromatic carbocycles. The summed E-state index contributed by atoms with van der Waals surface area (Å²) in [5.74, 6) is 0.616. The third-order valence-corrected chi connectivity index (χ3v) is 2.89. The standard InChI is InChI=1S/C12H18BrN3.HI/c1-3-16(4-2)12(14)15-9-10-6-5-7-11(13)8-10;/h5-8H,3-4,9H2,1-2H3,(H2,14,15);1H.